The second-order valence-corrected chi connectivity index (χ2v) is 5.06. The fraction of sp³-hybridized carbons (Fsp3) is 0.429. The highest BCUT2D eigenvalue weighted by atomic mass is 19.1. The normalized spacial score (nSPS) is 22.1. The van der Waals surface area contributed by atoms with Gasteiger partial charge in [-0.1, -0.05) is 0 Å². The lowest BCUT2D eigenvalue weighted by Crippen LogP contribution is -2.41. The van der Waals surface area contributed by atoms with Crippen molar-refractivity contribution in [3.63, 3.8) is 0 Å². The van der Waals surface area contributed by atoms with Crippen LogP contribution in [0.4, 0.5) is 4.39 Å². The molecular formula is C14H15FN2O3. The van der Waals surface area contributed by atoms with E-state index in [1.54, 1.807) is 11.0 Å². The first-order valence-corrected chi connectivity index (χ1v) is 6.61. The van der Waals surface area contributed by atoms with Crippen molar-refractivity contribution < 1.29 is 18.7 Å². The zero-order valence-corrected chi connectivity index (χ0v) is 10.9. The largest absolute Gasteiger partial charge is 0.488 e. The molecule has 1 fully saturated rings. The second kappa shape index (κ2) is 5.11. The molecule has 2 aliphatic heterocycles. The summed E-state index contributed by atoms with van der Waals surface area (Å²) >= 11 is 0. The van der Waals surface area contributed by atoms with Crippen molar-refractivity contribution in [2.24, 2.45) is 0 Å². The number of carbonyl (C=O) groups excluding carboxylic acids is 2. The van der Waals surface area contributed by atoms with Gasteiger partial charge >= 0.3 is 0 Å². The average Bonchev–Trinajstić information content (AvgIpc) is 2.74. The van der Waals surface area contributed by atoms with Crippen molar-refractivity contribution in [2.75, 3.05) is 19.6 Å². The molecule has 1 aromatic rings. The summed E-state index contributed by atoms with van der Waals surface area (Å²) in [6.07, 6.45) is 0.710. The first-order chi connectivity index (χ1) is 9.61. The van der Waals surface area contributed by atoms with Crippen LogP contribution in [-0.2, 0) is 16.0 Å². The smallest absolute Gasteiger partial charge is 0.242 e. The Kier molecular flexibility index (Phi) is 3.30. The molecule has 5 nitrogen and oxygen atoms in total. The molecule has 6 heteroatoms. The summed E-state index contributed by atoms with van der Waals surface area (Å²) in [4.78, 5) is 24.8. The number of amides is 2. The molecule has 0 aromatic heterocycles. The van der Waals surface area contributed by atoms with E-state index in [1.165, 1.54) is 12.1 Å². The quantitative estimate of drug-likeness (QED) is 0.856. The van der Waals surface area contributed by atoms with Crippen molar-refractivity contribution in [2.45, 2.75) is 18.9 Å². The van der Waals surface area contributed by atoms with Crippen molar-refractivity contribution >= 4 is 11.8 Å². The van der Waals surface area contributed by atoms with Gasteiger partial charge in [0.2, 0.25) is 11.8 Å². The minimum Gasteiger partial charge on any atom is -0.488 e. The molecule has 0 bridgehead atoms. The zero-order chi connectivity index (χ0) is 14.1. The van der Waals surface area contributed by atoms with Gasteiger partial charge in [0.15, 0.2) is 0 Å². The van der Waals surface area contributed by atoms with Gasteiger partial charge in [0.25, 0.3) is 0 Å². The van der Waals surface area contributed by atoms with E-state index >= 15 is 0 Å². The Morgan fingerprint density at radius 1 is 1.40 bits per heavy atom. The summed E-state index contributed by atoms with van der Waals surface area (Å²) < 4.78 is 18.9. The van der Waals surface area contributed by atoms with Crippen LogP contribution in [0, 0.1) is 5.82 Å². The van der Waals surface area contributed by atoms with Gasteiger partial charge in [-0.3, -0.25) is 9.59 Å². The molecule has 0 saturated carbocycles. The number of benzene rings is 1. The summed E-state index contributed by atoms with van der Waals surface area (Å²) in [5.74, 6) is 0.168. The first-order valence-electron chi connectivity index (χ1n) is 6.61. The Bertz CT molecular complexity index is 561. The number of hydrogen-bond donors (Lipinski definition) is 1. The van der Waals surface area contributed by atoms with Crippen LogP contribution in [0.25, 0.3) is 0 Å². The molecule has 0 aliphatic carbocycles. The molecular weight excluding hydrogens is 263 g/mol. The third kappa shape index (κ3) is 2.59. The van der Waals surface area contributed by atoms with E-state index in [-0.39, 0.29) is 30.3 Å². The van der Waals surface area contributed by atoms with Crippen LogP contribution < -0.4 is 10.1 Å². The number of hydrogen-bond acceptors (Lipinski definition) is 3. The van der Waals surface area contributed by atoms with E-state index in [1.807, 2.05) is 0 Å². The number of rotatable bonds is 2. The fourth-order valence-corrected chi connectivity index (χ4v) is 2.57. The number of nitrogens with one attached hydrogen (secondary N) is 1. The number of nitrogens with zero attached hydrogens (tertiary/aromatic N) is 1. The van der Waals surface area contributed by atoms with E-state index in [9.17, 15) is 14.0 Å². The highest BCUT2D eigenvalue weighted by molar-refractivity contribution is 5.87. The average molecular weight is 278 g/mol. The van der Waals surface area contributed by atoms with Crippen LogP contribution in [0.5, 0.6) is 5.75 Å². The van der Waals surface area contributed by atoms with Crippen molar-refractivity contribution in [3.05, 3.63) is 29.6 Å². The molecule has 106 valence electrons. The molecule has 2 heterocycles. The van der Waals surface area contributed by atoms with Crippen LogP contribution in [0.2, 0.25) is 0 Å². The third-order valence-corrected chi connectivity index (χ3v) is 3.59. The molecule has 1 N–H and O–H groups in total. The standard InChI is InChI=1S/C14H15FN2O3/c15-10-1-2-12-9(5-10)6-11(20-12)8-17-4-3-13(18)16-7-14(17)19/h1-2,5,11H,3-4,6-8H2,(H,16,18). The van der Waals surface area contributed by atoms with Crippen LogP contribution in [0.3, 0.4) is 0 Å². The summed E-state index contributed by atoms with van der Waals surface area (Å²) in [6, 6.07) is 4.44. The van der Waals surface area contributed by atoms with E-state index < -0.39 is 0 Å². The molecule has 0 radical (unpaired) electrons. The summed E-state index contributed by atoms with van der Waals surface area (Å²) in [7, 11) is 0. The lowest BCUT2D eigenvalue weighted by molar-refractivity contribution is -0.131. The minimum absolute atomic E-state index is 0.0349. The number of fused-ring (bicyclic) bond motifs is 1. The van der Waals surface area contributed by atoms with Gasteiger partial charge in [-0.15, -0.1) is 0 Å². The molecule has 1 aromatic carbocycles. The lowest BCUT2D eigenvalue weighted by Gasteiger charge is -2.23. The van der Waals surface area contributed by atoms with Gasteiger partial charge in [0.05, 0.1) is 13.1 Å². The first kappa shape index (κ1) is 12.9. The number of halogens is 1. The summed E-state index contributed by atoms with van der Waals surface area (Å²) in [5, 5.41) is 2.55. The molecule has 1 saturated heterocycles. The maximum absolute atomic E-state index is 13.1. The lowest BCUT2D eigenvalue weighted by atomic mass is 10.1. The van der Waals surface area contributed by atoms with Gasteiger partial charge in [-0.25, -0.2) is 4.39 Å². The van der Waals surface area contributed by atoms with Crippen LogP contribution in [-0.4, -0.2) is 42.5 Å². The highest BCUT2D eigenvalue weighted by Gasteiger charge is 2.28. The SMILES string of the molecule is O=C1CCN(CC2Cc3cc(F)ccc3O2)C(=O)CN1. The molecule has 2 aliphatic rings. The highest BCUT2D eigenvalue weighted by Crippen LogP contribution is 2.29. The molecule has 3 rings (SSSR count). The van der Waals surface area contributed by atoms with Crippen molar-refractivity contribution in [1.29, 1.82) is 0 Å². The Labute approximate surface area is 115 Å². The predicted molar refractivity (Wildman–Crippen MR) is 68.7 cm³/mol. The monoisotopic (exact) mass is 278 g/mol. The molecule has 1 atom stereocenters. The summed E-state index contributed by atoms with van der Waals surface area (Å²) in [5.41, 5.74) is 0.825. The molecule has 20 heavy (non-hydrogen) atoms. The van der Waals surface area contributed by atoms with Gasteiger partial charge in [-0.2, -0.15) is 0 Å². The fourth-order valence-electron chi connectivity index (χ4n) is 2.57. The minimum atomic E-state index is -0.284. The van der Waals surface area contributed by atoms with E-state index in [0.29, 0.717) is 31.7 Å². The number of carbonyl (C=O) groups is 2. The van der Waals surface area contributed by atoms with Crippen LogP contribution in [0.15, 0.2) is 18.2 Å². The predicted octanol–water partition coefficient (Wildman–Crippen LogP) is 0.478. The van der Waals surface area contributed by atoms with Crippen molar-refractivity contribution in [1.82, 2.24) is 10.2 Å². The molecule has 0 spiro atoms. The zero-order valence-electron chi connectivity index (χ0n) is 10.9. The van der Waals surface area contributed by atoms with Crippen LogP contribution >= 0.6 is 0 Å². The van der Waals surface area contributed by atoms with E-state index in [4.69, 9.17) is 4.74 Å². The topological polar surface area (TPSA) is 58.6 Å². The van der Waals surface area contributed by atoms with Crippen molar-refractivity contribution in [3.8, 4) is 5.75 Å². The number of ether oxygens (including phenoxy) is 1. The van der Waals surface area contributed by atoms with Crippen LogP contribution in [0.1, 0.15) is 12.0 Å². The maximum atomic E-state index is 13.1. The molecule has 2 amide bonds. The van der Waals surface area contributed by atoms with Gasteiger partial charge in [-0.05, 0) is 18.2 Å². The summed E-state index contributed by atoms with van der Waals surface area (Å²) in [6.45, 7) is 0.854. The second-order valence-electron chi connectivity index (χ2n) is 5.06. The van der Waals surface area contributed by atoms with Gasteiger partial charge in [0.1, 0.15) is 17.7 Å². The van der Waals surface area contributed by atoms with E-state index in [0.717, 1.165) is 5.56 Å². The maximum Gasteiger partial charge on any atom is 0.242 e. The van der Waals surface area contributed by atoms with E-state index in [2.05, 4.69) is 5.32 Å². The third-order valence-electron chi connectivity index (χ3n) is 3.59. The Morgan fingerprint density at radius 2 is 2.25 bits per heavy atom. The Morgan fingerprint density at radius 3 is 3.10 bits per heavy atom. The van der Waals surface area contributed by atoms with Gasteiger partial charge < -0.3 is 15.0 Å². The van der Waals surface area contributed by atoms with Gasteiger partial charge in [0, 0.05) is 24.9 Å². The Balaban J connectivity index is 1.65. The molecule has 1 unspecified atom stereocenters. The Hall–Kier alpha value is -2.11.